The average molecular weight is 432 g/mol. The lowest BCUT2D eigenvalue weighted by Crippen LogP contribution is -2.37. The van der Waals surface area contributed by atoms with Crippen molar-refractivity contribution in [3.8, 4) is 0 Å². The second-order valence-corrected chi connectivity index (χ2v) is 7.59. The molecule has 0 aliphatic rings. The number of nitrogens with zero attached hydrogens (tertiary/aromatic N) is 2. The molecule has 0 bridgehead atoms. The molecule has 0 radical (unpaired) electrons. The van der Waals surface area contributed by atoms with Crippen molar-refractivity contribution < 1.29 is 4.39 Å². The van der Waals surface area contributed by atoms with E-state index in [9.17, 15) is 9.18 Å². The number of benzene rings is 2. The predicted molar refractivity (Wildman–Crippen MR) is 126 cm³/mol. The summed E-state index contributed by atoms with van der Waals surface area (Å²) in [5.74, 6) is 0.478. The third kappa shape index (κ3) is 5.24. The van der Waals surface area contributed by atoms with E-state index in [1.54, 1.807) is 36.0 Å². The van der Waals surface area contributed by atoms with Crippen molar-refractivity contribution in [1.29, 1.82) is 0 Å². The normalized spacial score (nSPS) is 11.6. The number of H-pyrrole nitrogens is 1. The van der Waals surface area contributed by atoms with Gasteiger partial charge in [-0.25, -0.2) is 4.39 Å². The Morgan fingerprint density at radius 1 is 1.06 bits per heavy atom. The van der Waals surface area contributed by atoms with E-state index in [-0.39, 0.29) is 11.4 Å². The summed E-state index contributed by atoms with van der Waals surface area (Å²) >= 11 is 0. The van der Waals surface area contributed by atoms with Gasteiger partial charge in [0.25, 0.3) is 5.56 Å². The van der Waals surface area contributed by atoms with E-state index in [1.807, 2.05) is 24.4 Å². The number of rotatable bonds is 7. The maximum Gasteiger partial charge on any atom is 0.250 e. The van der Waals surface area contributed by atoms with Crippen LogP contribution in [0.15, 0.2) is 82.8 Å². The van der Waals surface area contributed by atoms with E-state index in [0.717, 1.165) is 40.0 Å². The van der Waals surface area contributed by atoms with Crippen molar-refractivity contribution in [3.63, 3.8) is 0 Å². The summed E-state index contributed by atoms with van der Waals surface area (Å²) in [4.78, 5) is 19.3. The maximum absolute atomic E-state index is 13.3. The number of hydrogen-bond donors (Lipinski definition) is 3. The van der Waals surface area contributed by atoms with Crippen LogP contribution in [0, 0.1) is 5.82 Å². The van der Waals surface area contributed by atoms with Gasteiger partial charge in [0.15, 0.2) is 5.96 Å². The molecule has 4 rings (SSSR count). The summed E-state index contributed by atoms with van der Waals surface area (Å²) in [6, 6.07) is 18.1. The van der Waals surface area contributed by atoms with Gasteiger partial charge in [0.1, 0.15) is 5.82 Å². The molecule has 164 valence electrons. The van der Waals surface area contributed by atoms with E-state index in [0.29, 0.717) is 19.6 Å². The zero-order valence-electron chi connectivity index (χ0n) is 17.9. The van der Waals surface area contributed by atoms with Crippen molar-refractivity contribution in [2.24, 2.45) is 4.99 Å². The Labute approximate surface area is 185 Å². The number of pyridine rings is 1. The van der Waals surface area contributed by atoms with Crippen molar-refractivity contribution in [2.75, 3.05) is 13.6 Å². The Kier molecular flexibility index (Phi) is 6.65. The van der Waals surface area contributed by atoms with Crippen LogP contribution >= 0.6 is 0 Å². The van der Waals surface area contributed by atoms with Gasteiger partial charge in [-0.15, -0.1) is 0 Å². The van der Waals surface area contributed by atoms with Gasteiger partial charge in [-0.05, 0) is 47.4 Å². The second-order valence-electron chi connectivity index (χ2n) is 7.59. The summed E-state index contributed by atoms with van der Waals surface area (Å²) in [5.41, 5.74) is 4.13. The molecule has 0 unspecified atom stereocenters. The molecule has 2 aromatic heterocycles. The van der Waals surface area contributed by atoms with Crippen LogP contribution in [0.4, 0.5) is 4.39 Å². The number of aliphatic imine (C=N–C) groups is 1. The highest BCUT2D eigenvalue weighted by Crippen LogP contribution is 2.19. The predicted octanol–water partition coefficient (Wildman–Crippen LogP) is 3.42. The van der Waals surface area contributed by atoms with Gasteiger partial charge in [-0.1, -0.05) is 30.3 Å². The minimum Gasteiger partial charge on any atom is -0.361 e. The first-order valence-corrected chi connectivity index (χ1v) is 10.6. The molecule has 2 aromatic carbocycles. The first-order valence-electron chi connectivity index (χ1n) is 10.6. The number of aromatic amines is 1. The third-order valence-corrected chi connectivity index (χ3v) is 5.37. The maximum atomic E-state index is 13.3. The number of hydrogen-bond acceptors (Lipinski definition) is 2. The largest absolute Gasteiger partial charge is 0.361 e. The number of guanidine groups is 1. The molecule has 3 N–H and O–H groups in total. The second kappa shape index (κ2) is 9.96. The molecular formula is C25H26FN5O. The lowest BCUT2D eigenvalue weighted by atomic mass is 10.1. The van der Waals surface area contributed by atoms with E-state index in [2.05, 4.69) is 32.7 Å². The molecule has 6 nitrogen and oxygen atoms in total. The highest BCUT2D eigenvalue weighted by molar-refractivity contribution is 5.83. The minimum atomic E-state index is -0.240. The van der Waals surface area contributed by atoms with Crippen LogP contribution in [0.3, 0.4) is 0 Å². The highest BCUT2D eigenvalue weighted by atomic mass is 19.1. The van der Waals surface area contributed by atoms with Crippen molar-refractivity contribution >= 4 is 16.9 Å². The molecule has 0 spiro atoms. The molecule has 0 saturated carbocycles. The van der Waals surface area contributed by atoms with Crippen molar-refractivity contribution in [1.82, 2.24) is 20.2 Å². The van der Waals surface area contributed by atoms with Crippen LogP contribution in [0.2, 0.25) is 0 Å². The highest BCUT2D eigenvalue weighted by Gasteiger charge is 2.05. The van der Waals surface area contributed by atoms with Crippen molar-refractivity contribution in [2.45, 2.75) is 19.5 Å². The van der Waals surface area contributed by atoms with Crippen LogP contribution < -0.4 is 16.2 Å². The fourth-order valence-corrected chi connectivity index (χ4v) is 3.64. The molecule has 4 aromatic rings. The zero-order chi connectivity index (χ0) is 22.3. The van der Waals surface area contributed by atoms with Crippen LogP contribution in [0.1, 0.15) is 16.7 Å². The molecule has 0 aliphatic carbocycles. The Morgan fingerprint density at radius 2 is 1.88 bits per heavy atom. The van der Waals surface area contributed by atoms with E-state index in [1.165, 1.54) is 12.1 Å². The molecule has 0 atom stereocenters. The smallest absolute Gasteiger partial charge is 0.250 e. The molecule has 2 heterocycles. The third-order valence-electron chi connectivity index (χ3n) is 5.37. The van der Waals surface area contributed by atoms with E-state index >= 15 is 0 Å². The van der Waals surface area contributed by atoms with Crippen LogP contribution in [0.25, 0.3) is 10.9 Å². The van der Waals surface area contributed by atoms with Crippen molar-refractivity contribution in [3.05, 3.63) is 106 Å². The Balaban J connectivity index is 1.27. The van der Waals surface area contributed by atoms with Crippen LogP contribution in [-0.2, 0) is 19.5 Å². The summed E-state index contributed by atoms with van der Waals surface area (Å²) in [6.45, 7) is 1.89. The molecule has 7 heteroatoms. The van der Waals surface area contributed by atoms with Gasteiger partial charge >= 0.3 is 0 Å². The standard InChI is InChI=1S/C25H26FN5O/c1-27-25(28-12-11-20-16-29-23-14-21(26)9-10-22(20)23)30-15-18-5-7-19(8-6-18)17-31-13-3-2-4-24(31)32/h2-10,13-14,16,29H,11-12,15,17H2,1H3,(H2,27,28,30). The van der Waals surface area contributed by atoms with Gasteiger partial charge in [0.05, 0.1) is 6.54 Å². The topological polar surface area (TPSA) is 74.2 Å². The summed E-state index contributed by atoms with van der Waals surface area (Å²) in [6.07, 6.45) is 4.51. The number of fused-ring (bicyclic) bond motifs is 1. The Bertz CT molecular complexity index is 1270. The van der Waals surface area contributed by atoms with Gasteiger partial charge in [0.2, 0.25) is 0 Å². The fourth-order valence-electron chi connectivity index (χ4n) is 3.64. The Morgan fingerprint density at radius 3 is 2.66 bits per heavy atom. The monoisotopic (exact) mass is 431 g/mol. The SMILES string of the molecule is CN=C(NCCc1c[nH]c2cc(F)ccc12)NCc1ccc(Cn2ccccc2=O)cc1. The lowest BCUT2D eigenvalue weighted by molar-refractivity contribution is 0.629. The van der Waals surface area contributed by atoms with Gasteiger partial charge < -0.3 is 20.2 Å². The van der Waals surface area contributed by atoms with Gasteiger partial charge in [-0.3, -0.25) is 9.79 Å². The lowest BCUT2D eigenvalue weighted by Gasteiger charge is -2.12. The van der Waals surface area contributed by atoms with E-state index in [4.69, 9.17) is 0 Å². The minimum absolute atomic E-state index is 0.00656. The number of halogens is 1. The molecular weight excluding hydrogens is 405 g/mol. The molecule has 0 amide bonds. The average Bonchev–Trinajstić information content (AvgIpc) is 3.20. The summed E-state index contributed by atoms with van der Waals surface area (Å²) in [5, 5.41) is 7.67. The van der Waals surface area contributed by atoms with Gasteiger partial charge in [0, 0.05) is 49.5 Å². The molecule has 0 fully saturated rings. The summed E-state index contributed by atoms with van der Waals surface area (Å²) in [7, 11) is 1.74. The number of nitrogens with one attached hydrogen (secondary N) is 3. The zero-order valence-corrected chi connectivity index (χ0v) is 17.9. The van der Waals surface area contributed by atoms with E-state index < -0.39 is 0 Å². The first-order chi connectivity index (χ1) is 15.6. The Hall–Kier alpha value is -3.87. The number of aromatic nitrogens is 2. The van der Waals surface area contributed by atoms with Crippen LogP contribution in [-0.4, -0.2) is 29.1 Å². The molecule has 0 aliphatic heterocycles. The van der Waals surface area contributed by atoms with Gasteiger partial charge in [-0.2, -0.15) is 0 Å². The fraction of sp³-hybridized carbons (Fsp3) is 0.200. The summed E-state index contributed by atoms with van der Waals surface area (Å²) < 4.78 is 15.0. The van der Waals surface area contributed by atoms with Crippen LogP contribution in [0.5, 0.6) is 0 Å². The molecule has 0 saturated heterocycles. The quantitative estimate of drug-likeness (QED) is 0.310. The molecule has 32 heavy (non-hydrogen) atoms. The first kappa shape index (κ1) is 21.4.